The zero-order valence-corrected chi connectivity index (χ0v) is 10.4. The molecule has 0 aromatic heterocycles. The van der Waals surface area contributed by atoms with Gasteiger partial charge in [0.05, 0.1) is 0 Å². The summed E-state index contributed by atoms with van der Waals surface area (Å²) in [6.45, 7) is 7.82. The summed E-state index contributed by atoms with van der Waals surface area (Å²) in [7, 11) is 0. The van der Waals surface area contributed by atoms with Crippen molar-refractivity contribution in [2.45, 2.75) is 62.9 Å². The first-order valence-corrected chi connectivity index (χ1v) is 6.79. The van der Waals surface area contributed by atoms with Gasteiger partial charge < -0.3 is 5.32 Å². The number of rotatable bonds is 4. The summed E-state index contributed by atoms with van der Waals surface area (Å²) in [5, 5.41) is 3.93. The van der Waals surface area contributed by atoms with E-state index >= 15 is 0 Å². The van der Waals surface area contributed by atoms with Crippen molar-refractivity contribution in [3.63, 3.8) is 0 Å². The van der Waals surface area contributed by atoms with E-state index in [-0.39, 0.29) is 5.54 Å². The van der Waals surface area contributed by atoms with Crippen LogP contribution in [0, 0.1) is 5.92 Å². The van der Waals surface area contributed by atoms with E-state index in [1.165, 1.54) is 38.5 Å². The molecule has 0 aromatic carbocycles. The van der Waals surface area contributed by atoms with Crippen LogP contribution in [0.5, 0.6) is 0 Å². The van der Waals surface area contributed by atoms with Crippen LogP contribution in [0.1, 0.15) is 51.4 Å². The van der Waals surface area contributed by atoms with Crippen molar-refractivity contribution in [2.24, 2.45) is 5.92 Å². The first-order chi connectivity index (χ1) is 7.79. The van der Waals surface area contributed by atoms with Crippen LogP contribution in [0.4, 0.5) is 0 Å². The van der Waals surface area contributed by atoms with E-state index < -0.39 is 0 Å². The third-order valence-electron chi connectivity index (χ3n) is 4.46. The van der Waals surface area contributed by atoms with Crippen LogP contribution in [-0.2, 0) is 0 Å². The van der Waals surface area contributed by atoms with Crippen molar-refractivity contribution in [3.05, 3.63) is 25.3 Å². The number of piperidine rings is 1. The van der Waals surface area contributed by atoms with Gasteiger partial charge in [-0.3, -0.25) is 0 Å². The highest BCUT2D eigenvalue weighted by Gasteiger charge is 2.39. The molecule has 1 nitrogen and oxygen atoms in total. The molecule has 1 aliphatic heterocycles. The third-order valence-corrected chi connectivity index (χ3v) is 4.46. The van der Waals surface area contributed by atoms with Gasteiger partial charge in [0.1, 0.15) is 0 Å². The lowest BCUT2D eigenvalue weighted by Gasteiger charge is -2.47. The molecule has 0 spiro atoms. The van der Waals surface area contributed by atoms with Gasteiger partial charge in [0.2, 0.25) is 0 Å². The van der Waals surface area contributed by atoms with E-state index in [1.54, 1.807) is 0 Å². The summed E-state index contributed by atoms with van der Waals surface area (Å²) in [6, 6.07) is 0.766. The molecule has 2 rings (SSSR count). The van der Waals surface area contributed by atoms with Gasteiger partial charge in [0, 0.05) is 11.6 Å². The Kier molecular flexibility index (Phi) is 3.86. The van der Waals surface area contributed by atoms with Gasteiger partial charge in [-0.05, 0) is 44.4 Å². The number of hydrogen-bond acceptors (Lipinski definition) is 1. The van der Waals surface area contributed by atoms with Crippen molar-refractivity contribution in [1.29, 1.82) is 0 Å². The maximum Gasteiger partial charge on any atom is 0.0252 e. The molecule has 2 fully saturated rings. The molecule has 1 heterocycles. The minimum Gasteiger partial charge on any atom is -0.308 e. The number of nitrogens with one attached hydrogen (secondary N) is 1. The van der Waals surface area contributed by atoms with Crippen molar-refractivity contribution < 1.29 is 0 Å². The molecule has 2 aliphatic rings. The summed E-state index contributed by atoms with van der Waals surface area (Å²) >= 11 is 0. The Labute approximate surface area is 100 Å². The lowest BCUT2D eigenvalue weighted by molar-refractivity contribution is 0.117. The summed E-state index contributed by atoms with van der Waals surface area (Å²) in [5.41, 5.74) is 0.280. The molecule has 2 atom stereocenters. The predicted molar refractivity (Wildman–Crippen MR) is 70.5 cm³/mol. The van der Waals surface area contributed by atoms with E-state index in [2.05, 4.69) is 30.6 Å². The van der Waals surface area contributed by atoms with Crippen LogP contribution < -0.4 is 5.32 Å². The van der Waals surface area contributed by atoms with Gasteiger partial charge in [-0.15, -0.1) is 13.2 Å². The molecule has 0 radical (unpaired) electrons. The molecular weight excluding hydrogens is 194 g/mol. The zero-order valence-electron chi connectivity index (χ0n) is 10.4. The van der Waals surface area contributed by atoms with Gasteiger partial charge in [0.15, 0.2) is 0 Å². The van der Waals surface area contributed by atoms with Gasteiger partial charge in [-0.1, -0.05) is 25.0 Å². The fourth-order valence-corrected chi connectivity index (χ4v) is 3.63. The average Bonchev–Trinajstić information content (AvgIpc) is 2.30. The van der Waals surface area contributed by atoms with E-state index in [1.807, 2.05) is 0 Å². The molecule has 2 unspecified atom stereocenters. The molecule has 1 saturated heterocycles. The Morgan fingerprint density at radius 3 is 2.44 bits per heavy atom. The molecule has 1 saturated carbocycles. The van der Waals surface area contributed by atoms with Crippen LogP contribution in [0.15, 0.2) is 25.3 Å². The summed E-state index contributed by atoms with van der Waals surface area (Å²) < 4.78 is 0. The first kappa shape index (κ1) is 11.9. The second-order valence-corrected chi connectivity index (χ2v) is 5.60. The predicted octanol–water partition coefficient (Wildman–Crippen LogP) is 3.82. The van der Waals surface area contributed by atoms with Gasteiger partial charge >= 0.3 is 0 Å². The normalized spacial score (nSPS) is 32.8. The van der Waals surface area contributed by atoms with E-state index in [4.69, 9.17) is 0 Å². The minimum absolute atomic E-state index is 0.280. The molecular formula is C15H25N. The average molecular weight is 219 g/mol. The minimum atomic E-state index is 0.280. The highest BCUT2D eigenvalue weighted by Crippen LogP contribution is 2.38. The molecule has 0 amide bonds. The summed E-state index contributed by atoms with van der Waals surface area (Å²) in [5.74, 6) is 0.941. The van der Waals surface area contributed by atoms with Crippen molar-refractivity contribution in [3.8, 4) is 0 Å². The Morgan fingerprint density at radius 2 is 1.75 bits per heavy atom. The Hall–Kier alpha value is -0.560. The summed E-state index contributed by atoms with van der Waals surface area (Å²) in [4.78, 5) is 0. The largest absolute Gasteiger partial charge is 0.308 e. The Bertz CT molecular complexity index is 246. The molecule has 0 bridgehead atoms. The second-order valence-electron chi connectivity index (χ2n) is 5.60. The van der Waals surface area contributed by atoms with Gasteiger partial charge in [-0.2, -0.15) is 0 Å². The fourth-order valence-electron chi connectivity index (χ4n) is 3.63. The maximum atomic E-state index is 3.93. The topological polar surface area (TPSA) is 12.0 Å². The molecule has 90 valence electrons. The maximum absolute atomic E-state index is 3.93. The van der Waals surface area contributed by atoms with Crippen LogP contribution >= 0.6 is 0 Å². The van der Waals surface area contributed by atoms with Crippen LogP contribution in [0.3, 0.4) is 0 Å². The SMILES string of the molecule is C=CCC1(CC=C)CCC2CCCCC2N1. The van der Waals surface area contributed by atoms with Crippen LogP contribution in [0.25, 0.3) is 0 Å². The highest BCUT2D eigenvalue weighted by molar-refractivity contribution is 5.04. The lowest BCUT2D eigenvalue weighted by atomic mass is 9.71. The fraction of sp³-hybridized carbons (Fsp3) is 0.733. The van der Waals surface area contributed by atoms with Gasteiger partial charge in [0.25, 0.3) is 0 Å². The second kappa shape index (κ2) is 5.18. The number of fused-ring (bicyclic) bond motifs is 1. The van der Waals surface area contributed by atoms with E-state index in [0.29, 0.717) is 0 Å². The monoisotopic (exact) mass is 219 g/mol. The van der Waals surface area contributed by atoms with E-state index in [9.17, 15) is 0 Å². The molecule has 16 heavy (non-hydrogen) atoms. The molecule has 0 aromatic rings. The Balaban J connectivity index is 2.04. The smallest absolute Gasteiger partial charge is 0.0252 e. The molecule has 1 aliphatic carbocycles. The quantitative estimate of drug-likeness (QED) is 0.709. The lowest BCUT2D eigenvalue weighted by Crippen LogP contribution is -2.57. The summed E-state index contributed by atoms with van der Waals surface area (Å²) in [6.07, 6.45) is 14.7. The molecule has 1 N–H and O–H groups in total. The van der Waals surface area contributed by atoms with Crippen LogP contribution in [-0.4, -0.2) is 11.6 Å². The molecule has 1 heteroatoms. The van der Waals surface area contributed by atoms with Crippen molar-refractivity contribution >= 4 is 0 Å². The van der Waals surface area contributed by atoms with Gasteiger partial charge in [-0.25, -0.2) is 0 Å². The van der Waals surface area contributed by atoms with E-state index in [0.717, 1.165) is 24.8 Å². The van der Waals surface area contributed by atoms with Crippen molar-refractivity contribution in [1.82, 2.24) is 5.32 Å². The van der Waals surface area contributed by atoms with Crippen LogP contribution in [0.2, 0.25) is 0 Å². The highest BCUT2D eigenvalue weighted by atomic mass is 15.0. The Morgan fingerprint density at radius 1 is 1.06 bits per heavy atom. The number of hydrogen-bond donors (Lipinski definition) is 1. The zero-order chi connectivity index (χ0) is 11.4. The standard InChI is InChI=1S/C15H25N/c1-3-10-15(11-4-2)12-9-13-7-5-6-8-14(13)16-15/h3-4,13-14,16H,1-2,5-12H2. The first-order valence-electron chi connectivity index (χ1n) is 6.79. The third kappa shape index (κ3) is 2.40. The van der Waals surface area contributed by atoms with Crippen molar-refractivity contribution in [2.75, 3.05) is 0 Å².